The molecule has 5 N–H and O–H groups in total. The average Bonchev–Trinajstić information content (AvgIpc) is 3.17. The maximum Gasteiger partial charge on any atom is 0.303 e. The minimum absolute atomic E-state index is 0.00287. The Labute approximate surface area is 215 Å². The summed E-state index contributed by atoms with van der Waals surface area (Å²) < 4.78 is 26.6. The molecule has 13 nitrogen and oxygen atoms in total. The van der Waals surface area contributed by atoms with Gasteiger partial charge in [-0.05, 0) is 35.9 Å². The third-order valence-corrected chi connectivity index (χ3v) is 5.71. The SMILES string of the molecule is CC(=O)OC[C@H]1O[C@@H](Oc2ccc3c(c2O)O/C(=C\c2ccc(O)c(O)c2)C3=O)[C@H](O)[C@@H](O)[C@@H]1OC(C)=O. The van der Waals surface area contributed by atoms with E-state index in [0.29, 0.717) is 5.56 Å². The number of carbonyl (C=O) groups excluding carboxylic acids is 3. The van der Waals surface area contributed by atoms with Gasteiger partial charge in [0, 0.05) is 13.8 Å². The highest BCUT2D eigenvalue weighted by Gasteiger charge is 2.48. The summed E-state index contributed by atoms with van der Waals surface area (Å²) in [6, 6.07) is 6.37. The monoisotopic (exact) mass is 532 g/mol. The van der Waals surface area contributed by atoms with E-state index in [2.05, 4.69) is 0 Å². The lowest BCUT2D eigenvalue weighted by molar-refractivity contribution is -0.282. The molecule has 0 bridgehead atoms. The number of phenols is 3. The Morgan fingerprint density at radius 1 is 1.00 bits per heavy atom. The lowest BCUT2D eigenvalue weighted by Gasteiger charge is -2.41. The highest BCUT2D eigenvalue weighted by Crippen LogP contribution is 2.45. The van der Waals surface area contributed by atoms with Crippen LogP contribution in [0.3, 0.4) is 0 Å². The Bertz CT molecular complexity index is 1300. The molecule has 202 valence electrons. The highest BCUT2D eigenvalue weighted by molar-refractivity contribution is 6.15. The van der Waals surface area contributed by atoms with Crippen molar-refractivity contribution >= 4 is 23.8 Å². The number of esters is 2. The second-order valence-corrected chi connectivity index (χ2v) is 8.50. The van der Waals surface area contributed by atoms with E-state index in [1.807, 2.05) is 0 Å². The topological polar surface area (TPSA) is 199 Å². The quantitative estimate of drug-likeness (QED) is 0.198. The summed E-state index contributed by atoms with van der Waals surface area (Å²) in [7, 11) is 0. The van der Waals surface area contributed by atoms with Gasteiger partial charge in [0.1, 0.15) is 24.9 Å². The Morgan fingerprint density at radius 3 is 2.39 bits per heavy atom. The molecule has 13 heteroatoms. The van der Waals surface area contributed by atoms with Crippen molar-refractivity contribution in [2.24, 2.45) is 0 Å². The molecule has 0 spiro atoms. The summed E-state index contributed by atoms with van der Waals surface area (Å²) >= 11 is 0. The number of ether oxygens (including phenoxy) is 5. The number of phenolic OH excluding ortho intramolecular Hbond substituents is 3. The van der Waals surface area contributed by atoms with Crippen molar-refractivity contribution < 1.29 is 63.6 Å². The first-order valence-electron chi connectivity index (χ1n) is 11.3. The molecular formula is C25H24O13. The van der Waals surface area contributed by atoms with Crippen LogP contribution in [0.1, 0.15) is 29.8 Å². The Balaban J connectivity index is 1.56. The lowest BCUT2D eigenvalue weighted by Crippen LogP contribution is -2.61. The van der Waals surface area contributed by atoms with Gasteiger partial charge in [-0.15, -0.1) is 0 Å². The maximum atomic E-state index is 12.8. The third kappa shape index (κ3) is 5.34. The molecule has 2 heterocycles. The molecule has 2 aromatic rings. The second-order valence-electron chi connectivity index (χ2n) is 8.50. The molecule has 0 aliphatic carbocycles. The zero-order chi connectivity index (χ0) is 27.7. The standard InChI is InChI=1S/C25H24O13/c1-10(26)34-9-18-24(35-11(2)27)21(32)22(33)25(38-18)37-16-6-4-13-19(30)17(36-23(13)20(16)31)8-12-3-5-14(28)15(29)7-12/h3-8,18,21-22,24-25,28-29,31-33H,9H2,1-2H3/b17-8-/t18-,21-,22-,24-,25-/m1/s1. The van der Waals surface area contributed by atoms with E-state index in [1.165, 1.54) is 36.4 Å². The van der Waals surface area contributed by atoms with Crippen molar-refractivity contribution in [3.63, 3.8) is 0 Å². The number of aromatic hydroxyl groups is 3. The fourth-order valence-electron chi connectivity index (χ4n) is 3.89. The fourth-order valence-corrected chi connectivity index (χ4v) is 3.89. The van der Waals surface area contributed by atoms with Crippen LogP contribution in [0.15, 0.2) is 36.1 Å². The molecule has 5 atom stereocenters. The molecule has 1 fully saturated rings. The van der Waals surface area contributed by atoms with Crippen LogP contribution in [0, 0.1) is 0 Å². The van der Waals surface area contributed by atoms with E-state index >= 15 is 0 Å². The number of hydrogen-bond donors (Lipinski definition) is 5. The van der Waals surface area contributed by atoms with Crippen molar-refractivity contribution in [2.75, 3.05) is 6.61 Å². The normalized spacial score (nSPS) is 25.4. The average molecular weight is 532 g/mol. The molecule has 2 aromatic carbocycles. The fraction of sp³-hybridized carbons (Fsp3) is 0.320. The molecule has 2 aliphatic heterocycles. The van der Waals surface area contributed by atoms with Crippen LogP contribution in [-0.4, -0.2) is 80.6 Å². The number of Topliss-reactive ketones (excluding diaryl/α,β-unsaturated/α-hetero) is 1. The van der Waals surface area contributed by atoms with E-state index < -0.39 is 66.5 Å². The van der Waals surface area contributed by atoms with Gasteiger partial charge in [-0.3, -0.25) is 14.4 Å². The van der Waals surface area contributed by atoms with Gasteiger partial charge in [0.2, 0.25) is 17.8 Å². The molecule has 38 heavy (non-hydrogen) atoms. The van der Waals surface area contributed by atoms with Gasteiger partial charge >= 0.3 is 11.9 Å². The highest BCUT2D eigenvalue weighted by atomic mass is 16.7. The first kappa shape index (κ1) is 26.7. The van der Waals surface area contributed by atoms with Crippen molar-refractivity contribution in [3.8, 4) is 28.7 Å². The molecule has 2 aliphatic rings. The number of rotatable bonds is 6. The summed E-state index contributed by atoms with van der Waals surface area (Å²) in [6.07, 6.45) is -6.40. The van der Waals surface area contributed by atoms with Crippen LogP contribution in [0.2, 0.25) is 0 Å². The number of aliphatic hydroxyl groups is 2. The number of carbonyl (C=O) groups is 3. The van der Waals surface area contributed by atoms with E-state index in [4.69, 9.17) is 23.7 Å². The Kier molecular flexibility index (Phi) is 7.44. The first-order chi connectivity index (χ1) is 18.0. The molecule has 0 amide bonds. The lowest BCUT2D eigenvalue weighted by atomic mass is 9.99. The van der Waals surface area contributed by atoms with E-state index in [0.717, 1.165) is 13.8 Å². The van der Waals surface area contributed by atoms with Crippen molar-refractivity contribution in [3.05, 3.63) is 47.2 Å². The van der Waals surface area contributed by atoms with Gasteiger partial charge in [0.15, 0.2) is 34.9 Å². The van der Waals surface area contributed by atoms with Crippen LogP contribution in [0.4, 0.5) is 0 Å². The van der Waals surface area contributed by atoms with Crippen LogP contribution < -0.4 is 9.47 Å². The van der Waals surface area contributed by atoms with E-state index in [9.17, 15) is 39.9 Å². The van der Waals surface area contributed by atoms with Crippen LogP contribution in [-0.2, 0) is 23.8 Å². The molecule has 0 saturated carbocycles. The predicted octanol–water partition coefficient (Wildman–Crippen LogP) is 0.740. The summed E-state index contributed by atoms with van der Waals surface area (Å²) in [5.74, 6) is -4.11. The molecule has 0 unspecified atom stereocenters. The molecular weight excluding hydrogens is 508 g/mol. The van der Waals surface area contributed by atoms with Crippen LogP contribution >= 0.6 is 0 Å². The van der Waals surface area contributed by atoms with Gasteiger partial charge in [-0.2, -0.15) is 0 Å². The van der Waals surface area contributed by atoms with Crippen molar-refractivity contribution in [2.45, 2.75) is 44.6 Å². The van der Waals surface area contributed by atoms with Crippen LogP contribution in [0.5, 0.6) is 28.7 Å². The number of ketones is 1. The molecule has 0 radical (unpaired) electrons. The number of allylic oxidation sites excluding steroid dienone is 1. The largest absolute Gasteiger partial charge is 0.504 e. The van der Waals surface area contributed by atoms with Gasteiger partial charge in [0.25, 0.3) is 0 Å². The first-order valence-corrected chi connectivity index (χ1v) is 11.3. The zero-order valence-electron chi connectivity index (χ0n) is 20.1. The van der Waals surface area contributed by atoms with Gasteiger partial charge < -0.3 is 49.2 Å². The predicted molar refractivity (Wildman–Crippen MR) is 124 cm³/mol. The number of benzene rings is 2. The van der Waals surface area contributed by atoms with E-state index in [1.54, 1.807) is 0 Å². The Morgan fingerprint density at radius 2 is 1.74 bits per heavy atom. The zero-order valence-corrected chi connectivity index (χ0v) is 20.1. The summed E-state index contributed by atoms with van der Waals surface area (Å²) in [4.78, 5) is 35.5. The van der Waals surface area contributed by atoms with Crippen LogP contribution in [0.25, 0.3) is 6.08 Å². The summed E-state index contributed by atoms with van der Waals surface area (Å²) in [6.45, 7) is 1.78. The molecule has 0 aromatic heterocycles. The minimum Gasteiger partial charge on any atom is -0.504 e. The second kappa shape index (κ2) is 10.6. The van der Waals surface area contributed by atoms with Gasteiger partial charge in [0.05, 0.1) is 5.56 Å². The smallest absolute Gasteiger partial charge is 0.303 e. The molecule has 4 rings (SSSR count). The van der Waals surface area contributed by atoms with Crippen molar-refractivity contribution in [1.82, 2.24) is 0 Å². The Hall–Kier alpha value is -4.33. The number of aliphatic hydroxyl groups excluding tert-OH is 2. The third-order valence-electron chi connectivity index (χ3n) is 5.71. The number of fused-ring (bicyclic) bond motifs is 1. The molecule has 1 saturated heterocycles. The maximum absolute atomic E-state index is 12.8. The summed E-state index contributed by atoms with van der Waals surface area (Å²) in [5, 5.41) is 50.9. The van der Waals surface area contributed by atoms with Gasteiger partial charge in [-0.25, -0.2) is 0 Å². The summed E-state index contributed by atoms with van der Waals surface area (Å²) in [5.41, 5.74) is 0.332. The van der Waals surface area contributed by atoms with Gasteiger partial charge in [-0.1, -0.05) is 6.07 Å². The number of hydrogen-bond acceptors (Lipinski definition) is 13. The van der Waals surface area contributed by atoms with E-state index in [-0.39, 0.29) is 28.6 Å². The minimum atomic E-state index is -1.76. The van der Waals surface area contributed by atoms with Crippen molar-refractivity contribution in [1.29, 1.82) is 0 Å².